The maximum absolute atomic E-state index is 11.5. The Morgan fingerprint density at radius 3 is 3.00 bits per heavy atom. The smallest absolute Gasteiger partial charge is 0.339 e. The van der Waals surface area contributed by atoms with Gasteiger partial charge in [0.2, 0.25) is 5.91 Å². The van der Waals surface area contributed by atoms with E-state index in [4.69, 9.17) is 16.3 Å². The van der Waals surface area contributed by atoms with Gasteiger partial charge in [0.05, 0.1) is 23.6 Å². The van der Waals surface area contributed by atoms with Gasteiger partial charge in [-0.15, -0.1) is 0 Å². The van der Waals surface area contributed by atoms with Gasteiger partial charge in [0.1, 0.15) is 0 Å². The highest BCUT2D eigenvalue weighted by atomic mass is 35.5. The van der Waals surface area contributed by atoms with Gasteiger partial charge in [-0.3, -0.25) is 4.79 Å². The molecule has 0 radical (unpaired) electrons. The average molecular weight is 240 g/mol. The molecule has 1 aromatic carbocycles. The van der Waals surface area contributed by atoms with Crippen LogP contribution in [0.15, 0.2) is 12.1 Å². The van der Waals surface area contributed by atoms with E-state index in [1.165, 1.54) is 0 Å². The summed E-state index contributed by atoms with van der Waals surface area (Å²) in [5, 5.41) is 2.97. The van der Waals surface area contributed by atoms with Gasteiger partial charge in [-0.25, -0.2) is 4.79 Å². The molecule has 4 nitrogen and oxygen atoms in total. The summed E-state index contributed by atoms with van der Waals surface area (Å²) in [6.07, 6.45) is 0.304. The highest BCUT2D eigenvalue weighted by Gasteiger charge is 2.22. The van der Waals surface area contributed by atoms with Crippen molar-refractivity contribution in [2.75, 3.05) is 11.9 Å². The molecular formula is C11H10ClNO3. The van der Waals surface area contributed by atoms with Crippen molar-refractivity contribution in [3.8, 4) is 0 Å². The summed E-state index contributed by atoms with van der Waals surface area (Å²) in [4.78, 5) is 22.7. The second-order valence-corrected chi connectivity index (χ2v) is 3.84. The Balaban J connectivity index is 2.38. The molecule has 5 heteroatoms. The number of hydrogen-bond acceptors (Lipinski definition) is 3. The molecule has 1 aliphatic rings. The minimum Gasteiger partial charge on any atom is -0.462 e. The molecule has 0 fully saturated rings. The van der Waals surface area contributed by atoms with Crippen LogP contribution in [0.5, 0.6) is 0 Å². The highest BCUT2D eigenvalue weighted by molar-refractivity contribution is 6.34. The van der Waals surface area contributed by atoms with E-state index in [1.807, 2.05) is 0 Å². The topological polar surface area (TPSA) is 55.4 Å². The molecule has 0 spiro atoms. The molecular weight excluding hydrogens is 230 g/mol. The zero-order chi connectivity index (χ0) is 11.7. The summed E-state index contributed by atoms with van der Waals surface area (Å²) in [6, 6.07) is 3.18. The van der Waals surface area contributed by atoms with Crippen molar-refractivity contribution < 1.29 is 14.3 Å². The number of anilines is 1. The monoisotopic (exact) mass is 239 g/mol. The number of amides is 1. The first-order chi connectivity index (χ1) is 7.61. The minimum atomic E-state index is -0.476. The summed E-state index contributed by atoms with van der Waals surface area (Å²) in [5.74, 6) is -0.566. The standard InChI is InChI=1S/C11H10ClNO3/c1-2-16-11(15)7-5-9-6(3-8(7)12)4-10(14)13-9/h3,5H,2,4H2,1H3,(H,13,14). The van der Waals surface area contributed by atoms with Crippen LogP contribution in [0.25, 0.3) is 0 Å². The summed E-state index contributed by atoms with van der Waals surface area (Å²) in [5.41, 5.74) is 1.73. The third-order valence-electron chi connectivity index (χ3n) is 2.31. The molecule has 0 aliphatic carbocycles. The summed E-state index contributed by atoms with van der Waals surface area (Å²) in [6.45, 7) is 2.01. The maximum atomic E-state index is 11.5. The number of nitrogens with one attached hydrogen (secondary N) is 1. The van der Waals surface area contributed by atoms with Crippen LogP contribution in [0, 0.1) is 0 Å². The summed E-state index contributed by atoms with van der Waals surface area (Å²) >= 11 is 5.95. The summed E-state index contributed by atoms with van der Waals surface area (Å²) in [7, 11) is 0. The van der Waals surface area contributed by atoms with Gasteiger partial charge in [-0.2, -0.15) is 0 Å². The molecule has 1 N–H and O–H groups in total. The van der Waals surface area contributed by atoms with Crippen molar-refractivity contribution in [3.05, 3.63) is 28.3 Å². The predicted molar refractivity (Wildman–Crippen MR) is 59.7 cm³/mol. The van der Waals surface area contributed by atoms with E-state index in [-0.39, 0.29) is 11.5 Å². The number of fused-ring (bicyclic) bond motifs is 1. The first-order valence-electron chi connectivity index (χ1n) is 4.91. The third-order valence-corrected chi connectivity index (χ3v) is 2.63. The Morgan fingerprint density at radius 1 is 1.56 bits per heavy atom. The lowest BCUT2D eigenvalue weighted by Crippen LogP contribution is -2.06. The van der Waals surface area contributed by atoms with Gasteiger partial charge in [0.25, 0.3) is 0 Å². The SMILES string of the molecule is CCOC(=O)c1cc2c(cc1Cl)CC(=O)N2. The van der Waals surface area contributed by atoms with E-state index in [1.54, 1.807) is 19.1 Å². The van der Waals surface area contributed by atoms with Crippen LogP contribution in [0.1, 0.15) is 22.8 Å². The largest absolute Gasteiger partial charge is 0.462 e. The zero-order valence-corrected chi connectivity index (χ0v) is 9.43. The number of rotatable bonds is 2. The fourth-order valence-corrected chi connectivity index (χ4v) is 1.87. The molecule has 1 aliphatic heterocycles. The molecule has 16 heavy (non-hydrogen) atoms. The van der Waals surface area contributed by atoms with Crippen LogP contribution < -0.4 is 5.32 Å². The molecule has 84 valence electrons. The second kappa shape index (κ2) is 4.14. The maximum Gasteiger partial charge on any atom is 0.339 e. The van der Waals surface area contributed by atoms with Crippen LogP contribution in [-0.2, 0) is 16.0 Å². The average Bonchev–Trinajstić information content (AvgIpc) is 2.56. The Bertz CT molecular complexity index is 471. The number of halogens is 1. The van der Waals surface area contributed by atoms with Crippen LogP contribution in [0.3, 0.4) is 0 Å². The van der Waals surface area contributed by atoms with E-state index in [9.17, 15) is 9.59 Å². The quantitative estimate of drug-likeness (QED) is 0.804. The number of carbonyl (C=O) groups excluding carboxylic acids is 2. The number of benzene rings is 1. The lowest BCUT2D eigenvalue weighted by Gasteiger charge is -2.06. The molecule has 0 saturated carbocycles. The van der Waals surface area contributed by atoms with E-state index < -0.39 is 5.97 Å². The number of esters is 1. The van der Waals surface area contributed by atoms with Crippen molar-refractivity contribution in [2.45, 2.75) is 13.3 Å². The Morgan fingerprint density at radius 2 is 2.31 bits per heavy atom. The molecule has 0 atom stereocenters. The first kappa shape index (κ1) is 11.0. The predicted octanol–water partition coefficient (Wildman–Crippen LogP) is 2.01. The highest BCUT2D eigenvalue weighted by Crippen LogP contribution is 2.29. The van der Waals surface area contributed by atoms with Crippen molar-refractivity contribution in [1.29, 1.82) is 0 Å². The lowest BCUT2D eigenvalue weighted by molar-refractivity contribution is -0.115. The number of ether oxygens (including phenoxy) is 1. The van der Waals surface area contributed by atoms with Gasteiger partial charge in [0.15, 0.2) is 0 Å². The van der Waals surface area contributed by atoms with Crippen LogP contribution in [0.4, 0.5) is 5.69 Å². The zero-order valence-electron chi connectivity index (χ0n) is 8.67. The van der Waals surface area contributed by atoms with E-state index >= 15 is 0 Å². The fraction of sp³-hybridized carbons (Fsp3) is 0.273. The normalized spacial score (nSPS) is 13.2. The van der Waals surface area contributed by atoms with Crippen LogP contribution in [0.2, 0.25) is 5.02 Å². The Labute approximate surface area is 97.5 Å². The van der Waals surface area contributed by atoms with E-state index in [0.717, 1.165) is 5.56 Å². The van der Waals surface area contributed by atoms with E-state index in [2.05, 4.69) is 5.32 Å². The Hall–Kier alpha value is -1.55. The van der Waals surface area contributed by atoms with Crippen LogP contribution in [-0.4, -0.2) is 18.5 Å². The molecule has 0 aromatic heterocycles. The molecule has 1 heterocycles. The Kier molecular flexibility index (Phi) is 2.83. The van der Waals surface area contributed by atoms with Gasteiger partial charge in [0, 0.05) is 5.69 Å². The number of carbonyl (C=O) groups is 2. The summed E-state index contributed by atoms with van der Waals surface area (Å²) < 4.78 is 4.86. The number of hydrogen-bond donors (Lipinski definition) is 1. The molecule has 0 bridgehead atoms. The van der Waals surface area contributed by atoms with Crippen molar-refractivity contribution in [1.82, 2.24) is 0 Å². The van der Waals surface area contributed by atoms with E-state index in [0.29, 0.717) is 23.7 Å². The van der Waals surface area contributed by atoms with Gasteiger partial charge < -0.3 is 10.1 Å². The van der Waals surface area contributed by atoms with Crippen molar-refractivity contribution in [3.63, 3.8) is 0 Å². The molecule has 1 amide bonds. The fourth-order valence-electron chi connectivity index (χ4n) is 1.61. The second-order valence-electron chi connectivity index (χ2n) is 3.43. The minimum absolute atomic E-state index is 0.0907. The third kappa shape index (κ3) is 1.88. The molecule has 0 saturated heterocycles. The van der Waals surface area contributed by atoms with Crippen molar-refractivity contribution in [2.24, 2.45) is 0 Å². The van der Waals surface area contributed by atoms with Gasteiger partial charge in [-0.05, 0) is 24.6 Å². The van der Waals surface area contributed by atoms with Gasteiger partial charge >= 0.3 is 5.97 Å². The molecule has 1 aromatic rings. The van der Waals surface area contributed by atoms with Gasteiger partial charge in [-0.1, -0.05) is 11.6 Å². The van der Waals surface area contributed by atoms with Crippen molar-refractivity contribution >= 4 is 29.2 Å². The van der Waals surface area contributed by atoms with Crippen LogP contribution >= 0.6 is 11.6 Å². The first-order valence-corrected chi connectivity index (χ1v) is 5.29. The molecule has 2 rings (SSSR count). The molecule has 0 unspecified atom stereocenters. The lowest BCUT2D eigenvalue weighted by atomic mass is 10.1.